The van der Waals surface area contributed by atoms with Crippen LogP contribution in [0.15, 0.2) is 29.2 Å². The third-order valence-electron chi connectivity index (χ3n) is 3.30. The fourth-order valence-electron chi connectivity index (χ4n) is 1.89. The summed E-state index contributed by atoms with van der Waals surface area (Å²) in [5.74, 6) is 0. The van der Waals surface area contributed by atoms with Gasteiger partial charge < -0.3 is 5.73 Å². The van der Waals surface area contributed by atoms with Gasteiger partial charge in [-0.25, -0.2) is 13.1 Å². The zero-order valence-corrected chi connectivity index (χ0v) is 12.2. The summed E-state index contributed by atoms with van der Waals surface area (Å²) in [6.45, 7) is 0.151. The first kappa shape index (κ1) is 16.8. The zero-order valence-electron chi connectivity index (χ0n) is 10.6. The molecule has 0 saturated heterocycles. The van der Waals surface area contributed by atoms with Crippen LogP contribution in [0.3, 0.4) is 0 Å². The van der Waals surface area contributed by atoms with Crippen LogP contribution < -0.4 is 10.5 Å². The Labute approximate surface area is 123 Å². The van der Waals surface area contributed by atoms with Gasteiger partial charge in [0, 0.05) is 24.2 Å². The lowest BCUT2D eigenvalue weighted by atomic mass is 9.78. The number of hydrogen-bond acceptors (Lipinski definition) is 5. The van der Waals surface area contributed by atoms with E-state index in [1.807, 2.05) is 0 Å². The van der Waals surface area contributed by atoms with Crippen LogP contribution >= 0.6 is 12.4 Å². The van der Waals surface area contributed by atoms with Crippen molar-refractivity contribution in [2.45, 2.75) is 29.7 Å². The van der Waals surface area contributed by atoms with Crippen molar-refractivity contribution in [3.8, 4) is 0 Å². The summed E-state index contributed by atoms with van der Waals surface area (Å²) in [7, 11) is -3.76. The van der Waals surface area contributed by atoms with Crippen molar-refractivity contribution < 1.29 is 13.3 Å². The van der Waals surface area contributed by atoms with Crippen molar-refractivity contribution in [2.75, 3.05) is 6.54 Å². The molecule has 0 bridgehead atoms. The van der Waals surface area contributed by atoms with E-state index in [1.165, 1.54) is 18.2 Å². The van der Waals surface area contributed by atoms with E-state index in [2.05, 4.69) is 4.72 Å². The van der Waals surface area contributed by atoms with E-state index in [0.717, 1.165) is 25.3 Å². The Morgan fingerprint density at radius 2 is 2.05 bits per heavy atom. The number of rotatable bonds is 5. The summed E-state index contributed by atoms with van der Waals surface area (Å²) in [6, 6.07) is 4.94. The summed E-state index contributed by atoms with van der Waals surface area (Å²) in [4.78, 5) is 9.87. The Bertz CT molecular complexity index is 601. The highest BCUT2D eigenvalue weighted by atomic mass is 35.5. The molecule has 1 fully saturated rings. The Kier molecular flexibility index (Phi) is 5.09. The molecule has 1 aliphatic rings. The first-order valence-electron chi connectivity index (χ1n) is 5.85. The third-order valence-corrected chi connectivity index (χ3v) is 4.70. The van der Waals surface area contributed by atoms with Crippen LogP contribution in [0.2, 0.25) is 0 Å². The van der Waals surface area contributed by atoms with E-state index < -0.39 is 20.5 Å². The van der Waals surface area contributed by atoms with Gasteiger partial charge >= 0.3 is 0 Å². The van der Waals surface area contributed by atoms with Gasteiger partial charge in [0.1, 0.15) is 0 Å². The number of nitrogens with zero attached hydrogens (tertiary/aromatic N) is 1. The second-order valence-electron chi connectivity index (χ2n) is 4.79. The minimum absolute atomic E-state index is 0. The maximum atomic E-state index is 12.0. The standard InChI is InChI=1S/C11H15N3O4S.ClH/c12-11(5-2-6-11)8-13-19(17,18)10-4-1-3-9(7-10)14(15)16;/h1,3-4,7,13H,2,5-6,8,12H2;1H. The van der Waals surface area contributed by atoms with E-state index in [4.69, 9.17) is 5.73 Å². The highest BCUT2D eigenvalue weighted by Crippen LogP contribution is 2.28. The summed E-state index contributed by atoms with van der Waals surface area (Å²) < 4.78 is 26.4. The van der Waals surface area contributed by atoms with Gasteiger partial charge in [-0.05, 0) is 25.3 Å². The predicted octanol–water partition coefficient (Wildman–Crippen LogP) is 1.18. The summed E-state index contributed by atoms with van der Waals surface area (Å²) in [5.41, 5.74) is 5.20. The van der Waals surface area contributed by atoms with Crippen molar-refractivity contribution in [1.82, 2.24) is 4.72 Å². The molecule has 0 aromatic heterocycles. The summed E-state index contributed by atoms with van der Waals surface area (Å²) in [5, 5.41) is 10.6. The molecule has 1 aromatic rings. The van der Waals surface area contributed by atoms with Crippen LogP contribution in [-0.2, 0) is 10.0 Å². The number of sulfonamides is 1. The zero-order chi connectivity index (χ0) is 14.1. The topological polar surface area (TPSA) is 115 Å². The molecule has 3 N–H and O–H groups in total. The largest absolute Gasteiger partial charge is 0.324 e. The average molecular weight is 322 g/mol. The van der Waals surface area contributed by atoms with E-state index >= 15 is 0 Å². The Morgan fingerprint density at radius 3 is 2.55 bits per heavy atom. The smallest absolute Gasteiger partial charge is 0.270 e. The van der Waals surface area contributed by atoms with Crippen LogP contribution in [0.1, 0.15) is 19.3 Å². The first-order chi connectivity index (χ1) is 8.82. The molecule has 112 valence electrons. The van der Waals surface area contributed by atoms with Gasteiger partial charge in [-0.2, -0.15) is 0 Å². The number of nitro benzene ring substituents is 1. The molecule has 0 radical (unpaired) electrons. The van der Waals surface area contributed by atoms with Crippen LogP contribution in [0.25, 0.3) is 0 Å². The first-order valence-corrected chi connectivity index (χ1v) is 7.34. The van der Waals surface area contributed by atoms with E-state index in [0.29, 0.717) is 0 Å². The van der Waals surface area contributed by atoms with Crippen molar-refractivity contribution >= 4 is 28.1 Å². The van der Waals surface area contributed by atoms with Crippen molar-refractivity contribution in [1.29, 1.82) is 0 Å². The minimum Gasteiger partial charge on any atom is -0.324 e. The summed E-state index contributed by atoms with van der Waals surface area (Å²) >= 11 is 0. The molecule has 2 rings (SSSR count). The van der Waals surface area contributed by atoms with E-state index in [9.17, 15) is 18.5 Å². The fraction of sp³-hybridized carbons (Fsp3) is 0.455. The van der Waals surface area contributed by atoms with Crippen LogP contribution in [0.4, 0.5) is 5.69 Å². The lowest BCUT2D eigenvalue weighted by Crippen LogP contribution is -2.54. The van der Waals surface area contributed by atoms with E-state index in [-0.39, 0.29) is 29.5 Å². The minimum atomic E-state index is -3.76. The van der Waals surface area contributed by atoms with Gasteiger partial charge in [-0.1, -0.05) is 6.07 Å². The molecule has 0 atom stereocenters. The molecule has 20 heavy (non-hydrogen) atoms. The second-order valence-corrected chi connectivity index (χ2v) is 6.56. The second kappa shape index (κ2) is 6.04. The van der Waals surface area contributed by atoms with Crippen molar-refractivity contribution in [3.63, 3.8) is 0 Å². The summed E-state index contributed by atoms with van der Waals surface area (Å²) in [6.07, 6.45) is 2.56. The molecule has 0 heterocycles. The molecule has 0 spiro atoms. The Morgan fingerprint density at radius 1 is 1.40 bits per heavy atom. The number of benzene rings is 1. The molecular formula is C11H16ClN3O4S. The fourth-order valence-corrected chi connectivity index (χ4v) is 3.07. The number of nitrogens with two attached hydrogens (primary N) is 1. The molecule has 0 amide bonds. The van der Waals surface area contributed by atoms with Crippen molar-refractivity contribution in [3.05, 3.63) is 34.4 Å². The van der Waals surface area contributed by atoms with Gasteiger partial charge in [-0.3, -0.25) is 10.1 Å². The lowest BCUT2D eigenvalue weighted by Gasteiger charge is -2.37. The quantitative estimate of drug-likeness (QED) is 0.624. The number of non-ortho nitro benzene ring substituents is 1. The van der Waals surface area contributed by atoms with Gasteiger partial charge in [0.2, 0.25) is 10.0 Å². The third kappa shape index (κ3) is 3.66. The number of hydrogen-bond donors (Lipinski definition) is 2. The van der Waals surface area contributed by atoms with Gasteiger partial charge in [-0.15, -0.1) is 12.4 Å². The van der Waals surface area contributed by atoms with Crippen molar-refractivity contribution in [2.24, 2.45) is 5.73 Å². The van der Waals surface area contributed by atoms with Crippen LogP contribution in [0, 0.1) is 10.1 Å². The highest BCUT2D eigenvalue weighted by molar-refractivity contribution is 7.89. The Hall–Kier alpha value is -1.22. The number of halogens is 1. The molecule has 1 aromatic carbocycles. The number of nitro groups is 1. The predicted molar refractivity (Wildman–Crippen MR) is 76.3 cm³/mol. The molecule has 1 aliphatic carbocycles. The van der Waals surface area contributed by atoms with Gasteiger partial charge in [0.15, 0.2) is 0 Å². The van der Waals surface area contributed by atoms with Gasteiger partial charge in [0.05, 0.1) is 9.82 Å². The Balaban J connectivity index is 0.00000200. The number of nitrogens with one attached hydrogen (secondary N) is 1. The monoisotopic (exact) mass is 321 g/mol. The molecule has 1 saturated carbocycles. The molecular weight excluding hydrogens is 306 g/mol. The molecule has 0 aliphatic heterocycles. The average Bonchev–Trinajstić information content (AvgIpc) is 2.34. The molecule has 0 unspecified atom stereocenters. The maximum absolute atomic E-state index is 12.0. The lowest BCUT2D eigenvalue weighted by molar-refractivity contribution is -0.385. The molecule has 7 nitrogen and oxygen atoms in total. The maximum Gasteiger partial charge on any atom is 0.270 e. The SMILES string of the molecule is Cl.NC1(CNS(=O)(=O)c2cccc([N+](=O)[O-])c2)CCC1. The van der Waals surface area contributed by atoms with Crippen LogP contribution in [-0.4, -0.2) is 25.4 Å². The van der Waals surface area contributed by atoms with E-state index in [1.54, 1.807) is 0 Å². The van der Waals surface area contributed by atoms with Crippen LogP contribution in [0.5, 0.6) is 0 Å². The highest BCUT2D eigenvalue weighted by Gasteiger charge is 2.33. The molecule has 9 heteroatoms. The van der Waals surface area contributed by atoms with Gasteiger partial charge in [0.25, 0.3) is 5.69 Å². The normalized spacial score (nSPS) is 16.9.